The Kier molecular flexibility index (Phi) is 14.5. The molecule has 12 nitrogen and oxygen atoms in total. The van der Waals surface area contributed by atoms with E-state index in [0.717, 1.165) is 22.0 Å². The Labute approximate surface area is 272 Å². The minimum Gasteiger partial charge on any atom is -0.493 e. The summed E-state index contributed by atoms with van der Waals surface area (Å²) in [4.78, 5) is 90.9. The SMILES string of the molecule is Cc1cnc(Nc2ccc3cnccc3c2)cc1OCCC(=O)CCC(=O)CCC(=O)CCC(=O)CCC(=O)CCC(=O)CC(=O)O. The molecule has 248 valence electrons. The molecule has 0 amide bonds. The second-order valence-corrected chi connectivity index (χ2v) is 11.3. The standard InChI is InChI=1S/C35H39N3O9/c1-23-21-37-34(38-26-3-2-25-22-36-16-14-24(25)18-26)20-33(23)47-17-15-31(43)11-10-29(41)7-6-27(39)4-5-28(40)8-9-30(42)12-13-32(44)19-35(45)46/h2-3,14,16,18,20-22H,4-13,15,17,19H2,1H3,(H,37,38)(H,45,46). The summed E-state index contributed by atoms with van der Waals surface area (Å²) in [6.07, 6.45) is 4.19. The summed E-state index contributed by atoms with van der Waals surface area (Å²) in [5.41, 5.74) is 1.67. The van der Waals surface area contributed by atoms with Crippen molar-refractivity contribution in [3.63, 3.8) is 0 Å². The normalized spacial score (nSPS) is 10.7. The van der Waals surface area contributed by atoms with E-state index in [9.17, 15) is 33.6 Å². The van der Waals surface area contributed by atoms with Crippen LogP contribution in [0.4, 0.5) is 11.5 Å². The molecule has 0 unspecified atom stereocenters. The molecule has 0 saturated carbocycles. The molecule has 0 bridgehead atoms. The van der Waals surface area contributed by atoms with Gasteiger partial charge in [0.1, 0.15) is 52.7 Å². The number of aliphatic carboxylic acids is 1. The Morgan fingerprint density at radius 1 is 0.660 bits per heavy atom. The lowest BCUT2D eigenvalue weighted by atomic mass is 10.0. The number of aromatic nitrogens is 2. The van der Waals surface area contributed by atoms with Crippen molar-refractivity contribution in [1.82, 2.24) is 9.97 Å². The topological polar surface area (TPSA) is 187 Å². The number of carboxylic acid groups (broad SMARTS) is 1. The van der Waals surface area contributed by atoms with Crippen molar-refractivity contribution in [2.45, 2.75) is 84.0 Å². The van der Waals surface area contributed by atoms with Crippen LogP contribution in [0.3, 0.4) is 0 Å². The Hall–Kier alpha value is -5.13. The average Bonchev–Trinajstić information content (AvgIpc) is 3.04. The van der Waals surface area contributed by atoms with Crippen LogP contribution in [0.25, 0.3) is 10.8 Å². The highest BCUT2D eigenvalue weighted by Gasteiger charge is 2.15. The molecule has 12 heteroatoms. The summed E-state index contributed by atoms with van der Waals surface area (Å²) < 4.78 is 5.83. The largest absolute Gasteiger partial charge is 0.493 e. The number of carboxylic acids is 1. The van der Waals surface area contributed by atoms with Crippen molar-refractivity contribution in [3.05, 3.63) is 54.5 Å². The zero-order chi connectivity index (χ0) is 34.2. The lowest BCUT2D eigenvalue weighted by Crippen LogP contribution is -2.11. The number of nitrogens with zero attached hydrogens (tertiary/aromatic N) is 2. The van der Waals surface area contributed by atoms with Crippen LogP contribution in [-0.4, -0.2) is 62.4 Å². The van der Waals surface area contributed by atoms with Crippen molar-refractivity contribution < 1.29 is 43.4 Å². The lowest BCUT2D eigenvalue weighted by molar-refractivity contribution is -0.140. The van der Waals surface area contributed by atoms with Crippen molar-refractivity contribution in [1.29, 1.82) is 0 Å². The highest BCUT2D eigenvalue weighted by molar-refractivity contribution is 5.97. The fourth-order valence-corrected chi connectivity index (χ4v) is 4.59. The second-order valence-electron chi connectivity index (χ2n) is 11.3. The van der Waals surface area contributed by atoms with Gasteiger partial charge in [0.25, 0.3) is 0 Å². The number of carbonyl (C=O) groups excluding carboxylic acids is 6. The van der Waals surface area contributed by atoms with Crippen LogP contribution in [0.2, 0.25) is 0 Å². The number of Topliss-reactive ketones (excluding diaryl/α,β-unsaturated/α-hetero) is 6. The molecule has 2 aromatic heterocycles. The number of nitrogens with one attached hydrogen (secondary N) is 1. The molecule has 3 rings (SSSR count). The number of fused-ring (bicyclic) bond motifs is 1. The van der Waals surface area contributed by atoms with Crippen LogP contribution in [0.1, 0.15) is 82.6 Å². The third-order valence-electron chi connectivity index (χ3n) is 7.37. The Bertz CT molecular complexity index is 1630. The summed E-state index contributed by atoms with van der Waals surface area (Å²) in [5.74, 6) is -1.83. The smallest absolute Gasteiger partial charge is 0.310 e. The van der Waals surface area contributed by atoms with E-state index < -0.39 is 18.2 Å². The fraction of sp³-hybridized carbons (Fsp3) is 0.400. The van der Waals surface area contributed by atoms with Crippen molar-refractivity contribution in [3.8, 4) is 5.75 Å². The van der Waals surface area contributed by atoms with Gasteiger partial charge in [0.2, 0.25) is 0 Å². The number of pyridine rings is 2. The maximum atomic E-state index is 12.3. The minimum absolute atomic E-state index is 0.0141. The van der Waals surface area contributed by atoms with Gasteiger partial charge in [-0.3, -0.25) is 38.5 Å². The van der Waals surface area contributed by atoms with Crippen molar-refractivity contribution in [2.75, 3.05) is 11.9 Å². The molecular formula is C35H39N3O9. The lowest BCUT2D eigenvalue weighted by Gasteiger charge is -2.12. The maximum absolute atomic E-state index is 12.3. The van der Waals surface area contributed by atoms with Gasteiger partial charge < -0.3 is 15.2 Å². The third-order valence-corrected chi connectivity index (χ3v) is 7.37. The van der Waals surface area contributed by atoms with E-state index in [4.69, 9.17) is 9.84 Å². The molecule has 0 atom stereocenters. The first-order valence-corrected chi connectivity index (χ1v) is 15.5. The molecule has 0 spiro atoms. The van der Waals surface area contributed by atoms with Gasteiger partial charge in [-0.1, -0.05) is 6.07 Å². The van der Waals surface area contributed by atoms with Crippen molar-refractivity contribution in [2.24, 2.45) is 0 Å². The quantitative estimate of drug-likeness (QED) is 0.128. The zero-order valence-electron chi connectivity index (χ0n) is 26.4. The summed E-state index contributed by atoms with van der Waals surface area (Å²) in [7, 11) is 0. The van der Waals surface area contributed by atoms with Crippen LogP contribution in [0.15, 0.2) is 48.9 Å². The van der Waals surface area contributed by atoms with Gasteiger partial charge in [-0.15, -0.1) is 0 Å². The van der Waals surface area contributed by atoms with Crippen LogP contribution >= 0.6 is 0 Å². The van der Waals surface area contributed by atoms with E-state index in [1.807, 2.05) is 31.2 Å². The molecule has 0 saturated heterocycles. The van der Waals surface area contributed by atoms with E-state index in [0.29, 0.717) is 11.6 Å². The van der Waals surface area contributed by atoms with E-state index in [-0.39, 0.29) is 106 Å². The highest BCUT2D eigenvalue weighted by atomic mass is 16.5. The highest BCUT2D eigenvalue weighted by Crippen LogP contribution is 2.25. The molecule has 0 aliphatic heterocycles. The molecular weight excluding hydrogens is 606 g/mol. The van der Waals surface area contributed by atoms with Crippen LogP contribution in [-0.2, 0) is 33.6 Å². The predicted octanol–water partition coefficient (Wildman–Crippen LogP) is 5.24. The third kappa shape index (κ3) is 13.8. The zero-order valence-corrected chi connectivity index (χ0v) is 26.4. The van der Waals surface area contributed by atoms with Crippen LogP contribution in [0, 0.1) is 6.92 Å². The number of ether oxygens (including phenoxy) is 1. The van der Waals surface area contributed by atoms with Gasteiger partial charge in [0.05, 0.1) is 6.61 Å². The number of hydrogen-bond acceptors (Lipinski definition) is 11. The number of ketones is 6. The number of rotatable bonds is 23. The summed E-state index contributed by atoms with van der Waals surface area (Å²) >= 11 is 0. The molecule has 0 aliphatic rings. The fourth-order valence-electron chi connectivity index (χ4n) is 4.59. The van der Waals surface area contributed by atoms with Gasteiger partial charge in [0, 0.05) is 112 Å². The summed E-state index contributed by atoms with van der Waals surface area (Å²) in [5, 5.41) is 13.9. The molecule has 3 aromatic rings. The van der Waals surface area contributed by atoms with E-state index in [1.54, 1.807) is 24.7 Å². The molecule has 0 fully saturated rings. The number of aryl methyl sites for hydroxylation is 1. The molecule has 0 radical (unpaired) electrons. The number of hydrogen-bond donors (Lipinski definition) is 2. The summed E-state index contributed by atoms with van der Waals surface area (Å²) in [6, 6.07) is 9.58. The Morgan fingerprint density at radius 2 is 1.19 bits per heavy atom. The maximum Gasteiger partial charge on any atom is 0.310 e. The van der Waals surface area contributed by atoms with Gasteiger partial charge in [-0.05, 0) is 30.5 Å². The molecule has 0 aliphatic carbocycles. The molecule has 2 N–H and O–H groups in total. The Balaban J connectivity index is 1.27. The number of anilines is 2. The second kappa shape index (κ2) is 18.7. The number of carbonyl (C=O) groups is 7. The minimum atomic E-state index is -1.25. The predicted molar refractivity (Wildman–Crippen MR) is 173 cm³/mol. The van der Waals surface area contributed by atoms with E-state index in [2.05, 4.69) is 15.3 Å². The first kappa shape index (κ1) is 36.3. The summed E-state index contributed by atoms with van der Waals surface area (Å²) in [6.45, 7) is 1.99. The van der Waals surface area contributed by atoms with Gasteiger partial charge in [-0.25, -0.2) is 4.98 Å². The first-order chi connectivity index (χ1) is 22.5. The van der Waals surface area contributed by atoms with Gasteiger partial charge in [-0.2, -0.15) is 0 Å². The van der Waals surface area contributed by atoms with Crippen molar-refractivity contribution >= 4 is 62.9 Å². The Morgan fingerprint density at radius 3 is 1.74 bits per heavy atom. The molecule has 1 aromatic carbocycles. The monoisotopic (exact) mass is 645 g/mol. The van der Waals surface area contributed by atoms with Gasteiger partial charge in [0.15, 0.2) is 0 Å². The molecule has 47 heavy (non-hydrogen) atoms. The van der Waals surface area contributed by atoms with E-state index in [1.165, 1.54) is 0 Å². The van der Waals surface area contributed by atoms with Gasteiger partial charge >= 0.3 is 5.97 Å². The average molecular weight is 646 g/mol. The molecule has 2 heterocycles. The van der Waals surface area contributed by atoms with E-state index >= 15 is 0 Å². The van der Waals surface area contributed by atoms with Crippen LogP contribution in [0.5, 0.6) is 5.75 Å². The first-order valence-electron chi connectivity index (χ1n) is 15.5. The number of benzene rings is 1. The van der Waals surface area contributed by atoms with Crippen LogP contribution < -0.4 is 10.1 Å².